The van der Waals surface area contributed by atoms with Gasteiger partial charge >= 0.3 is 0 Å². The lowest BCUT2D eigenvalue weighted by molar-refractivity contribution is 0.0679. The number of amides is 1. The number of hydrogen-bond donors (Lipinski definition) is 1. The second kappa shape index (κ2) is 4.98. The first kappa shape index (κ1) is 12.7. The van der Waals surface area contributed by atoms with E-state index in [0.29, 0.717) is 11.8 Å². The van der Waals surface area contributed by atoms with Crippen LogP contribution in [0.25, 0.3) is 11.0 Å². The normalized spacial score (nSPS) is 19.9. The van der Waals surface area contributed by atoms with E-state index in [1.807, 2.05) is 29.2 Å². The number of fused-ring (bicyclic) bond motifs is 1. The van der Waals surface area contributed by atoms with Gasteiger partial charge in [0.25, 0.3) is 5.91 Å². The molecule has 0 bridgehead atoms. The Morgan fingerprint density at radius 3 is 3.11 bits per heavy atom. The molecule has 1 aliphatic heterocycles. The number of rotatable bonds is 1. The van der Waals surface area contributed by atoms with E-state index in [2.05, 4.69) is 28.2 Å². The van der Waals surface area contributed by atoms with Crippen LogP contribution in [0.2, 0.25) is 0 Å². The van der Waals surface area contributed by atoms with E-state index >= 15 is 0 Å². The van der Waals surface area contributed by atoms with Crippen molar-refractivity contribution in [2.75, 3.05) is 19.6 Å². The Hall–Kier alpha value is -1.33. The van der Waals surface area contributed by atoms with Gasteiger partial charge in [-0.2, -0.15) is 0 Å². The van der Waals surface area contributed by atoms with Gasteiger partial charge < -0.3 is 14.6 Å². The average Bonchev–Trinajstić information content (AvgIpc) is 2.80. The molecule has 1 unspecified atom stereocenters. The van der Waals surface area contributed by atoms with E-state index in [1.54, 1.807) is 0 Å². The zero-order chi connectivity index (χ0) is 13.4. The van der Waals surface area contributed by atoms with Crippen LogP contribution in [0.4, 0.5) is 0 Å². The van der Waals surface area contributed by atoms with Crippen molar-refractivity contribution in [1.82, 2.24) is 10.2 Å². The molecule has 1 aliphatic rings. The van der Waals surface area contributed by atoms with Gasteiger partial charge in [0.05, 0.1) is 0 Å². The summed E-state index contributed by atoms with van der Waals surface area (Å²) in [6.45, 7) is 4.36. The predicted molar refractivity (Wildman–Crippen MR) is 77.3 cm³/mol. The first-order valence-electron chi connectivity index (χ1n) is 6.35. The molecule has 1 amide bonds. The lowest BCUT2D eigenvalue weighted by Gasteiger charge is -2.31. The summed E-state index contributed by atoms with van der Waals surface area (Å²) in [5.74, 6) is 0.392. The molecule has 1 N–H and O–H groups in total. The summed E-state index contributed by atoms with van der Waals surface area (Å²) >= 11 is 3.42. The third kappa shape index (κ3) is 2.53. The van der Waals surface area contributed by atoms with Gasteiger partial charge in [-0.1, -0.05) is 15.9 Å². The number of nitrogens with one attached hydrogen (secondary N) is 1. The average molecular weight is 323 g/mol. The summed E-state index contributed by atoms with van der Waals surface area (Å²) in [4.78, 5) is 14.2. The van der Waals surface area contributed by atoms with Crippen LogP contribution in [0.5, 0.6) is 0 Å². The molecular weight excluding hydrogens is 308 g/mol. The molecule has 100 valence electrons. The topological polar surface area (TPSA) is 45.5 Å². The maximum Gasteiger partial charge on any atom is 0.289 e. The van der Waals surface area contributed by atoms with Crippen LogP contribution in [-0.4, -0.2) is 36.5 Å². The highest BCUT2D eigenvalue weighted by molar-refractivity contribution is 9.10. The summed E-state index contributed by atoms with van der Waals surface area (Å²) in [6, 6.07) is 7.88. The maximum absolute atomic E-state index is 12.4. The molecule has 0 aliphatic carbocycles. The largest absolute Gasteiger partial charge is 0.451 e. The molecular formula is C14H15BrN2O2. The van der Waals surface area contributed by atoms with Crippen molar-refractivity contribution < 1.29 is 9.21 Å². The zero-order valence-electron chi connectivity index (χ0n) is 10.6. The molecule has 19 heavy (non-hydrogen) atoms. The summed E-state index contributed by atoms with van der Waals surface area (Å²) in [5, 5.41) is 4.27. The number of piperazine rings is 1. The van der Waals surface area contributed by atoms with Crippen LogP contribution in [0, 0.1) is 0 Å². The molecule has 1 aromatic carbocycles. The fourth-order valence-corrected chi connectivity index (χ4v) is 2.77. The van der Waals surface area contributed by atoms with Crippen molar-refractivity contribution in [3.05, 3.63) is 34.5 Å². The van der Waals surface area contributed by atoms with E-state index in [0.717, 1.165) is 35.1 Å². The monoisotopic (exact) mass is 322 g/mol. The van der Waals surface area contributed by atoms with Crippen molar-refractivity contribution in [3.8, 4) is 0 Å². The van der Waals surface area contributed by atoms with E-state index in [-0.39, 0.29) is 5.91 Å². The SMILES string of the molecule is CC1CN(C(=O)c2cc3cc(Br)ccc3o2)CCN1. The number of hydrogen-bond acceptors (Lipinski definition) is 3. The second-order valence-corrected chi connectivity index (χ2v) is 5.81. The van der Waals surface area contributed by atoms with Crippen LogP contribution in [-0.2, 0) is 0 Å². The van der Waals surface area contributed by atoms with Crippen molar-refractivity contribution in [1.29, 1.82) is 0 Å². The maximum atomic E-state index is 12.4. The van der Waals surface area contributed by atoms with Gasteiger partial charge in [-0.25, -0.2) is 0 Å². The summed E-state index contributed by atoms with van der Waals surface area (Å²) in [5.41, 5.74) is 0.745. The quantitative estimate of drug-likeness (QED) is 0.877. The minimum atomic E-state index is -0.0272. The Bertz CT molecular complexity index is 623. The Kier molecular flexibility index (Phi) is 3.33. The Morgan fingerprint density at radius 1 is 1.47 bits per heavy atom. The summed E-state index contributed by atoms with van der Waals surface area (Å²) < 4.78 is 6.62. The van der Waals surface area contributed by atoms with Gasteiger partial charge in [-0.15, -0.1) is 0 Å². The third-order valence-corrected chi connectivity index (χ3v) is 3.84. The number of furan rings is 1. The molecule has 1 aromatic heterocycles. The van der Waals surface area contributed by atoms with Crippen LogP contribution < -0.4 is 5.32 Å². The highest BCUT2D eigenvalue weighted by Crippen LogP contribution is 2.24. The minimum Gasteiger partial charge on any atom is -0.451 e. The molecule has 0 radical (unpaired) electrons. The Morgan fingerprint density at radius 2 is 2.32 bits per heavy atom. The molecule has 0 spiro atoms. The van der Waals surface area contributed by atoms with Crippen molar-refractivity contribution >= 4 is 32.8 Å². The number of halogens is 1. The molecule has 4 nitrogen and oxygen atoms in total. The molecule has 2 aromatic rings. The van der Waals surface area contributed by atoms with Crippen molar-refractivity contribution in [2.24, 2.45) is 0 Å². The molecule has 1 atom stereocenters. The lowest BCUT2D eigenvalue weighted by atomic mass is 10.2. The first-order chi connectivity index (χ1) is 9.13. The second-order valence-electron chi connectivity index (χ2n) is 4.90. The van der Waals surface area contributed by atoms with Crippen LogP contribution in [0.1, 0.15) is 17.5 Å². The predicted octanol–water partition coefficient (Wildman–Crippen LogP) is 2.63. The zero-order valence-corrected chi connectivity index (χ0v) is 12.2. The molecule has 3 rings (SSSR count). The number of carbonyl (C=O) groups is 1. The Labute approximate surface area is 119 Å². The fourth-order valence-electron chi connectivity index (χ4n) is 2.39. The number of nitrogens with zero attached hydrogens (tertiary/aromatic N) is 1. The van der Waals surface area contributed by atoms with Gasteiger partial charge in [0.2, 0.25) is 0 Å². The van der Waals surface area contributed by atoms with Crippen molar-refractivity contribution in [3.63, 3.8) is 0 Å². The number of benzene rings is 1. The summed E-state index contributed by atoms with van der Waals surface area (Å²) in [7, 11) is 0. The highest BCUT2D eigenvalue weighted by atomic mass is 79.9. The van der Waals surface area contributed by atoms with Crippen LogP contribution in [0.15, 0.2) is 33.2 Å². The fraction of sp³-hybridized carbons (Fsp3) is 0.357. The highest BCUT2D eigenvalue weighted by Gasteiger charge is 2.24. The van der Waals surface area contributed by atoms with Gasteiger partial charge in [0, 0.05) is 35.5 Å². The molecule has 2 heterocycles. The van der Waals surface area contributed by atoms with E-state index < -0.39 is 0 Å². The standard InChI is InChI=1S/C14H15BrN2O2/c1-9-8-17(5-4-16-9)14(18)13-7-10-6-11(15)2-3-12(10)19-13/h2-3,6-7,9,16H,4-5,8H2,1H3. The Balaban J connectivity index is 1.88. The molecule has 1 fully saturated rings. The summed E-state index contributed by atoms with van der Waals surface area (Å²) in [6.07, 6.45) is 0. The van der Waals surface area contributed by atoms with Gasteiger partial charge in [0.15, 0.2) is 5.76 Å². The van der Waals surface area contributed by atoms with Gasteiger partial charge in [-0.3, -0.25) is 4.79 Å². The van der Waals surface area contributed by atoms with Crippen LogP contribution >= 0.6 is 15.9 Å². The molecule has 5 heteroatoms. The lowest BCUT2D eigenvalue weighted by Crippen LogP contribution is -2.51. The van der Waals surface area contributed by atoms with Gasteiger partial charge in [0.1, 0.15) is 5.58 Å². The van der Waals surface area contributed by atoms with Crippen molar-refractivity contribution in [2.45, 2.75) is 13.0 Å². The first-order valence-corrected chi connectivity index (χ1v) is 7.14. The van der Waals surface area contributed by atoms with E-state index in [1.165, 1.54) is 0 Å². The minimum absolute atomic E-state index is 0.0272. The smallest absolute Gasteiger partial charge is 0.289 e. The van der Waals surface area contributed by atoms with Crippen LogP contribution in [0.3, 0.4) is 0 Å². The number of carbonyl (C=O) groups excluding carboxylic acids is 1. The van der Waals surface area contributed by atoms with E-state index in [9.17, 15) is 4.79 Å². The molecule has 1 saturated heterocycles. The van der Waals surface area contributed by atoms with E-state index in [4.69, 9.17) is 4.42 Å². The van der Waals surface area contributed by atoms with Gasteiger partial charge in [-0.05, 0) is 31.2 Å². The molecule has 0 saturated carbocycles. The third-order valence-electron chi connectivity index (χ3n) is 3.35.